The second-order valence-corrected chi connectivity index (χ2v) is 5.55. The Hall–Kier alpha value is -1.66. The van der Waals surface area contributed by atoms with Crippen molar-refractivity contribution in [2.75, 3.05) is 5.43 Å². The second-order valence-electron chi connectivity index (χ2n) is 4.69. The average Bonchev–Trinajstić information content (AvgIpc) is 2.43. The van der Waals surface area contributed by atoms with E-state index in [1.165, 1.54) is 0 Å². The number of rotatable bonds is 4. The summed E-state index contributed by atoms with van der Waals surface area (Å²) < 4.78 is 6.75. The molecule has 0 saturated heterocycles. The number of nitrogens with zero attached hydrogens (tertiary/aromatic N) is 2. The maximum Gasteiger partial charge on any atom is 0.227 e. The number of benzene rings is 1. The van der Waals surface area contributed by atoms with Crippen molar-refractivity contribution in [2.45, 2.75) is 26.7 Å². The van der Waals surface area contributed by atoms with Crippen LogP contribution in [-0.2, 0) is 0 Å². The number of nitrogen functional groups attached to an aromatic ring is 1. The minimum Gasteiger partial charge on any atom is -0.437 e. The van der Waals surface area contributed by atoms with Crippen molar-refractivity contribution in [3.05, 3.63) is 40.1 Å². The Morgan fingerprint density at radius 3 is 2.55 bits per heavy atom. The molecule has 2 aromatic rings. The number of hydrazine groups is 1. The molecule has 3 N–H and O–H groups in total. The molecule has 0 aliphatic carbocycles. The molecule has 1 aromatic carbocycles. The van der Waals surface area contributed by atoms with E-state index < -0.39 is 0 Å². The monoisotopic (exact) mass is 336 g/mol. The zero-order valence-corrected chi connectivity index (χ0v) is 13.2. The van der Waals surface area contributed by atoms with E-state index >= 15 is 0 Å². The predicted octanol–water partition coefficient (Wildman–Crippen LogP) is 3.75. The van der Waals surface area contributed by atoms with E-state index in [4.69, 9.17) is 10.6 Å². The van der Waals surface area contributed by atoms with Crippen molar-refractivity contribution in [3.63, 3.8) is 0 Å². The van der Waals surface area contributed by atoms with Crippen LogP contribution in [0.3, 0.4) is 0 Å². The fraction of sp³-hybridized carbons (Fsp3) is 0.286. The first-order chi connectivity index (χ1) is 9.52. The largest absolute Gasteiger partial charge is 0.437 e. The van der Waals surface area contributed by atoms with E-state index in [-0.39, 0.29) is 5.92 Å². The third kappa shape index (κ3) is 3.08. The Labute approximate surface area is 126 Å². The minimum atomic E-state index is 0.185. The number of nitrogens with one attached hydrogen (secondary N) is 1. The van der Waals surface area contributed by atoms with Gasteiger partial charge in [0, 0.05) is 5.92 Å². The standard InChI is InChI=1S/C14H17BrN4O/c1-8(2)12-17-13(19-16)9(3)14(18-12)20-11-7-5-4-6-10(11)15/h4-8H,16H2,1-3H3,(H,17,18,19). The van der Waals surface area contributed by atoms with Crippen LogP contribution in [0.1, 0.15) is 31.2 Å². The van der Waals surface area contributed by atoms with Gasteiger partial charge in [-0.2, -0.15) is 4.98 Å². The van der Waals surface area contributed by atoms with Crippen molar-refractivity contribution < 1.29 is 4.74 Å². The zero-order valence-electron chi connectivity index (χ0n) is 11.6. The van der Waals surface area contributed by atoms with E-state index in [0.29, 0.717) is 23.3 Å². The van der Waals surface area contributed by atoms with Crippen molar-refractivity contribution in [3.8, 4) is 11.6 Å². The molecule has 0 amide bonds. The van der Waals surface area contributed by atoms with Gasteiger partial charge in [0.05, 0.1) is 10.0 Å². The van der Waals surface area contributed by atoms with Gasteiger partial charge in [0.25, 0.3) is 0 Å². The molecule has 0 saturated carbocycles. The first-order valence-electron chi connectivity index (χ1n) is 6.30. The fourth-order valence-electron chi connectivity index (χ4n) is 1.64. The SMILES string of the molecule is Cc1c(NN)nc(C(C)C)nc1Oc1ccccc1Br. The summed E-state index contributed by atoms with van der Waals surface area (Å²) in [7, 11) is 0. The molecular formula is C14H17BrN4O. The quantitative estimate of drug-likeness (QED) is 0.657. The Kier molecular flexibility index (Phi) is 4.57. The average molecular weight is 337 g/mol. The van der Waals surface area contributed by atoms with Gasteiger partial charge >= 0.3 is 0 Å². The first-order valence-corrected chi connectivity index (χ1v) is 7.09. The summed E-state index contributed by atoms with van der Waals surface area (Å²) in [6, 6.07) is 7.62. The molecular weight excluding hydrogens is 320 g/mol. The highest BCUT2D eigenvalue weighted by Crippen LogP contribution is 2.32. The lowest BCUT2D eigenvalue weighted by Crippen LogP contribution is -2.13. The summed E-state index contributed by atoms with van der Waals surface area (Å²) in [6.07, 6.45) is 0. The van der Waals surface area contributed by atoms with Gasteiger partial charge in [0.15, 0.2) is 5.82 Å². The van der Waals surface area contributed by atoms with Gasteiger partial charge in [-0.1, -0.05) is 26.0 Å². The van der Waals surface area contributed by atoms with E-state index in [1.807, 2.05) is 45.0 Å². The molecule has 0 atom stereocenters. The highest BCUT2D eigenvalue weighted by atomic mass is 79.9. The van der Waals surface area contributed by atoms with E-state index in [9.17, 15) is 0 Å². The van der Waals surface area contributed by atoms with Gasteiger partial charge in [0.1, 0.15) is 11.6 Å². The number of ether oxygens (including phenoxy) is 1. The lowest BCUT2D eigenvalue weighted by atomic mass is 10.2. The maximum atomic E-state index is 5.88. The molecule has 5 nitrogen and oxygen atoms in total. The van der Waals surface area contributed by atoms with Crippen LogP contribution in [0, 0.1) is 6.92 Å². The van der Waals surface area contributed by atoms with Gasteiger partial charge in [-0.25, -0.2) is 10.8 Å². The molecule has 0 radical (unpaired) electrons. The zero-order chi connectivity index (χ0) is 14.7. The molecule has 6 heteroatoms. The molecule has 0 spiro atoms. The van der Waals surface area contributed by atoms with Crippen LogP contribution in [0.2, 0.25) is 0 Å². The van der Waals surface area contributed by atoms with Gasteiger partial charge in [0.2, 0.25) is 5.88 Å². The van der Waals surface area contributed by atoms with Gasteiger partial charge in [-0.05, 0) is 35.0 Å². The number of nitrogens with two attached hydrogens (primary N) is 1. The molecule has 20 heavy (non-hydrogen) atoms. The van der Waals surface area contributed by atoms with Gasteiger partial charge in [-0.15, -0.1) is 0 Å². The van der Waals surface area contributed by atoms with Crippen molar-refractivity contribution in [2.24, 2.45) is 5.84 Å². The van der Waals surface area contributed by atoms with Crippen LogP contribution in [0.15, 0.2) is 28.7 Å². The third-order valence-electron chi connectivity index (χ3n) is 2.81. The predicted molar refractivity (Wildman–Crippen MR) is 82.9 cm³/mol. The Bertz CT molecular complexity index is 616. The summed E-state index contributed by atoms with van der Waals surface area (Å²) in [5.41, 5.74) is 3.36. The lowest BCUT2D eigenvalue weighted by molar-refractivity contribution is 0.450. The third-order valence-corrected chi connectivity index (χ3v) is 3.47. The summed E-state index contributed by atoms with van der Waals surface area (Å²) in [6.45, 7) is 5.91. The molecule has 0 fully saturated rings. The Morgan fingerprint density at radius 1 is 1.25 bits per heavy atom. The fourth-order valence-corrected chi connectivity index (χ4v) is 2.01. The Morgan fingerprint density at radius 2 is 1.95 bits per heavy atom. The molecule has 0 bridgehead atoms. The van der Waals surface area contributed by atoms with E-state index in [1.54, 1.807) is 0 Å². The second kappa shape index (κ2) is 6.19. The summed E-state index contributed by atoms with van der Waals surface area (Å²) in [4.78, 5) is 8.84. The number of hydrogen-bond acceptors (Lipinski definition) is 5. The number of aromatic nitrogens is 2. The molecule has 1 heterocycles. The van der Waals surface area contributed by atoms with Crippen LogP contribution >= 0.6 is 15.9 Å². The molecule has 0 aliphatic heterocycles. The van der Waals surface area contributed by atoms with Crippen molar-refractivity contribution in [1.29, 1.82) is 0 Å². The molecule has 106 valence electrons. The van der Waals surface area contributed by atoms with Gasteiger partial charge in [-0.3, -0.25) is 0 Å². The van der Waals surface area contributed by atoms with Crippen LogP contribution in [0.4, 0.5) is 5.82 Å². The minimum absolute atomic E-state index is 0.185. The van der Waals surface area contributed by atoms with Gasteiger partial charge < -0.3 is 10.2 Å². The van der Waals surface area contributed by atoms with Crippen molar-refractivity contribution >= 4 is 21.7 Å². The van der Waals surface area contributed by atoms with E-state index in [0.717, 1.165) is 10.0 Å². The van der Waals surface area contributed by atoms with E-state index in [2.05, 4.69) is 31.3 Å². The van der Waals surface area contributed by atoms with Crippen LogP contribution in [0.5, 0.6) is 11.6 Å². The number of hydrogen-bond donors (Lipinski definition) is 2. The summed E-state index contributed by atoms with van der Waals surface area (Å²) in [5.74, 6) is 8.16. The Balaban J connectivity index is 2.45. The highest BCUT2D eigenvalue weighted by molar-refractivity contribution is 9.10. The van der Waals surface area contributed by atoms with Crippen molar-refractivity contribution in [1.82, 2.24) is 9.97 Å². The normalized spacial score (nSPS) is 10.7. The topological polar surface area (TPSA) is 73.1 Å². The van der Waals surface area contributed by atoms with Crippen LogP contribution in [0.25, 0.3) is 0 Å². The van der Waals surface area contributed by atoms with Crippen LogP contribution in [-0.4, -0.2) is 9.97 Å². The smallest absolute Gasteiger partial charge is 0.227 e. The first kappa shape index (κ1) is 14.7. The molecule has 0 unspecified atom stereocenters. The number of halogens is 1. The van der Waals surface area contributed by atoms with Crippen LogP contribution < -0.4 is 16.0 Å². The number of anilines is 1. The molecule has 2 rings (SSSR count). The summed E-state index contributed by atoms with van der Waals surface area (Å²) in [5, 5.41) is 0. The highest BCUT2D eigenvalue weighted by Gasteiger charge is 2.15. The molecule has 0 aliphatic rings. The number of para-hydroxylation sites is 1. The summed E-state index contributed by atoms with van der Waals surface area (Å²) >= 11 is 3.45. The lowest BCUT2D eigenvalue weighted by Gasteiger charge is -2.14. The maximum absolute atomic E-state index is 5.88. The molecule has 1 aromatic heterocycles.